The molecule has 0 atom stereocenters. The van der Waals surface area contributed by atoms with Gasteiger partial charge in [-0.1, -0.05) is 0 Å². The second-order valence-electron chi connectivity index (χ2n) is 4.66. The first-order chi connectivity index (χ1) is 9.63. The summed E-state index contributed by atoms with van der Waals surface area (Å²) in [5, 5.41) is 2.91. The lowest BCUT2D eigenvalue weighted by Crippen LogP contribution is -2.22. The number of nitrogens with zero attached hydrogens (tertiary/aromatic N) is 1. The van der Waals surface area contributed by atoms with E-state index >= 15 is 0 Å². The van der Waals surface area contributed by atoms with E-state index in [2.05, 4.69) is 10.3 Å². The molecule has 0 saturated carbocycles. The maximum atomic E-state index is 12.1. The zero-order valence-corrected chi connectivity index (χ0v) is 12.1. The van der Waals surface area contributed by atoms with Gasteiger partial charge in [0.2, 0.25) is 0 Å². The lowest BCUT2D eigenvalue weighted by Gasteiger charge is -2.04. The van der Waals surface area contributed by atoms with Crippen molar-refractivity contribution in [1.29, 1.82) is 0 Å². The smallest absolute Gasteiger partial charge is 0.251 e. The van der Waals surface area contributed by atoms with Crippen LogP contribution in [0.1, 0.15) is 27.4 Å². The second-order valence-corrected chi connectivity index (χ2v) is 5.54. The van der Waals surface area contributed by atoms with Gasteiger partial charge < -0.3 is 9.73 Å². The van der Waals surface area contributed by atoms with Crippen LogP contribution in [0.2, 0.25) is 0 Å². The number of furan rings is 1. The summed E-state index contributed by atoms with van der Waals surface area (Å²) < 4.78 is 6.46. The predicted molar refractivity (Wildman–Crippen MR) is 79.0 cm³/mol. The van der Waals surface area contributed by atoms with E-state index in [0.717, 1.165) is 27.3 Å². The summed E-state index contributed by atoms with van der Waals surface area (Å²) in [5.74, 6) is 1.62. The summed E-state index contributed by atoms with van der Waals surface area (Å²) in [6.07, 6.45) is 0. The summed E-state index contributed by atoms with van der Waals surface area (Å²) in [4.78, 5) is 16.3. The third kappa shape index (κ3) is 2.44. The third-order valence-corrected chi connectivity index (χ3v) is 3.97. The Morgan fingerprint density at radius 1 is 1.35 bits per heavy atom. The van der Waals surface area contributed by atoms with Crippen LogP contribution in [0.4, 0.5) is 0 Å². The van der Waals surface area contributed by atoms with Gasteiger partial charge >= 0.3 is 0 Å². The number of aromatic nitrogens is 1. The molecule has 1 aromatic carbocycles. The van der Waals surface area contributed by atoms with Crippen LogP contribution in [-0.2, 0) is 6.54 Å². The first kappa shape index (κ1) is 12.9. The van der Waals surface area contributed by atoms with E-state index < -0.39 is 0 Å². The highest BCUT2D eigenvalue weighted by Gasteiger charge is 2.09. The number of hydrogen-bond donors (Lipinski definition) is 1. The van der Waals surface area contributed by atoms with Gasteiger partial charge in [-0.3, -0.25) is 4.79 Å². The number of nitrogens with one attached hydrogen (secondary N) is 1. The first-order valence-electron chi connectivity index (χ1n) is 6.31. The fraction of sp³-hybridized carbons (Fsp3) is 0.200. The maximum Gasteiger partial charge on any atom is 0.251 e. The number of rotatable bonds is 3. The Bertz CT molecular complexity index is 773. The van der Waals surface area contributed by atoms with Gasteiger partial charge in [0.05, 0.1) is 15.7 Å². The number of thiazole rings is 1. The molecule has 5 heteroatoms. The van der Waals surface area contributed by atoms with Crippen LogP contribution < -0.4 is 5.32 Å². The number of benzene rings is 1. The monoisotopic (exact) mass is 286 g/mol. The summed E-state index contributed by atoms with van der Waals surface area (Å²) in [6.45, 7) is 4.27. The Morgan fingerprint density at radius 3 is 2.95 bits per heavy atom. The molecule has 1 N–H and O–H groups in total. The molecule has 0 saturated heterocycles. The number of carbonyl (C=O) groups excluding carboxylic acids is 1. The molecule has 0 radical (unpaired) electrons. The van der Waals surface area contributed by atoms with E-state index in [0.29, 0.717) is 12.1 Å². The van der Waals surface area contributed by atoms with Crippen molar-refractivity contribution >= 4 is 27.5 Å². The number of amides is 1. The van der Waals surface area contributed by atoms with Crippen molar-refractivity contribution in [3.63, 3.8) is 0 Å². The fourth-order valence-electron chi connectivity index (χ4n) is 2.13. The van der Waals surface area contributed by atoms with Gasteiger partial charge in [-0.15, -0.1) is 11.3 Å². The zero-order chi connectivity index (χ0) is 14.1. The van der Waals surface area contributed by atoms with Gasteiger partial charge in [-0.05, 0) is 38.1 Å². The van der Waals surface area contributed by atoms with Gasteiger partial charge in [-0.2, -0.15) is 0 Å². The number of carbonyl (C=O) groups is 1. The average Bonchev–Trinajstić information content (AvgIpc) is 3.01. The standard InChI is InChI=1S/C15H14N2O2S/c1-9-5-12(10(2)19-9)7-16-15(18)11-3-4-13-14(6-11)20-8-17-13/h3-6,8H,7H2,1-2H3,(H,16,18). The van der Waals surface area contributed by atoms with Crippen LogP contribution in [0.3, 0.4) is 0 Å². The van der Waals surface area contributed by atoms with Gasteiger partial charge in [-0.25, -0.2) is 4.98 Å². The minimum absolute atomic E-state index is 0.0847. The van der Waals surface area contributed by atoms with E-state index in [1.54, 1.807) is 11.6 Å². The molecule has 2 heterocycles. The highest BCUT2D eigenvalue weighted by atomic mass is 32.1. The molecular formula is C15H14N2O2S. The Balaban J connectivity index is 1.74. The molecule has 0 bridgehead atoms. The summed E-state index contributed by atoms with van der Waals surface area (Å²) in [7, 11) is 0. The van der Waals surface area contributed by atoms with Gasteiger partial charge in [0.25, 0.3) is 5.91 Å². The van der Waals surface area contributed by atoms with E-state index in [-0.39, 0.29) is 5.91 Å². The molecule has 3 aromatic rings. The van der Waals surface area contributed by atoms with Crippen molar-refractivity contribution in [2.24, 2.45) is 0 Å². The van der Waals surface area contributed by atoms with E-state index in [1.807, 2.05) is 32.0 Å². The number of fused-ring (bicyclic) bond motifs is 1. The molecule has 102 valence electrons. The molecule has 4 nitrogen and oxygen atoms in total. The van der Waals surface area contributed by atoms with Crippen molar-refractivity contribution in [2.45, 2.75) is 20.4 Å². The minimum atomic E-state index is -0.0847. The van der Waals surface area contributed by atoms with Crippen molar-refractivity contribution in [3.8, 4) is 0 Å². The molecule has 0 aliphatic rings. The Morgan fingerprint density at radius 2 is 2.20 bits per heavy atom. The van der Waals surface area contributed by atoms with Crippen molar-refractivity contribution in [3.05, 3.63) is 52.4 Å². The van der Waals surface area contributed by atoms with Crippen LogP contribution in [-0.4, -0.2) is 10.9 Å². The SMILES string of the molecule is Cc1cc(CNC(=O)c2ccc3ncsc3c2)c(C)o1. The van der Waals surface area contributed by atoms with E-state index in [1.165, 1.54) is 11.3 Å². The van der Waals surface area contributed by atoms with Crippen molar-refractivity contribution in [1.82, 2.24) is 10.3 Å². The maximum absolute atomic E-state index is 12.1. The largest absolute Gasteiger partial charge is 0.466 e. The van der Waals surface area contributed by atoms with Gasteiger partial charge in [0.15, 0.2) is 0 Å². The lowest BCUT2D eigenvalue weighted by molar-refractivity contribution is 0.0951. The normalized spacial score (nSPS) is 10.9. The van der Waals surface area contributed by atoms with Crippen molar-refractivity contribution in [2.75, 3.05) is 0 Å². The van der Waals surface area contributed by atoms with E-state index in [9.17, 15) is 4.79 Å². The second kappa shape index (κ2) is 5.09. The van der Waals surface area contributed by atoms with E-state index in [4.69, 9.17) is 4.42 Å². The molecule has 3 rings (SSSR count). The molecule has 0 spiro atoms. The number of aryl methyl sites for hydroxylation is 2. The van der Waals surface area contributed by atoms with Gasteiger partial charge in [0.1, 0.15) is 11.5 Å². The van der Waals surface area contributed by atoms with Crippen LogP contribution in [0, 0.1) is 13.8 Å². The Hall–Kier alpha value is -2.14. The van der Waals surface area contributed by atoms with Crippen LogP contribution in [0.25, 0.3) is 10.2 Å². The molecule has 1 amide bonds. The lowest BCUT2D eigenvalue weighted by atomic mass is 10.2. The van der Waals surface area contributed by atoms with Crippen molar-refractivity contribution < 1.29 is 9.21 Å². The predicted octanol–water partition coefficient (Wildman–Crippen LogP) is 3.44. The first-order valence-corrected chi connectivity index (χ1v) is 7.19. The topological polar surface area (TPSA) is 55.1 Å². The molecular weight excluding hydrogens is 272 g/mol. The molecule has 0 unspecified atom stereocenters. The summed E-state index contributed by atoms with van der Waals surface area (Å²) in [6, 6.07) is 7.48. The molecule has 20 heavy (non-hydrogen) atoms. The quantitative estimate of drug-likeness (QED) is 0.802. The molecule has 0 aliphatic carbocycles. The highest BCUT2D eigenvalue weighted by Crippen LogP contribution is 2.19. The van der Waals surface area contributed by atoms with Crippen LogP contribution in [0.5, 0.6) is 0 Å². The minimum Gasteiger partial charge on any atom is -0.466 e. The molecule has 0 aliphatic heterocycles. The summed E-state index contributed by atoms with van der Waals surface area (Å²) in [5.41, 5.74) is 4.37. The fourth-order valence-corrected chi connectivity index (χ4v) is 2.85. The Kier molecular flexibility index (Phi) is 3.28. The molecule has 2 aromatic heterocycles. The third-order valence-electron chi connectivity index (χ3n) is 3.18. The van der Waals surface area contributed by atoms with Gasteiger partial charge in [0, 0.05) is 17.7 Å². The Labute approximate surface area is 120 Å². The molecule has 0 fully saturated rings. The number of hydrogen-bond acceptors (Lipinski definition) is 4. The van der Waals surface area contributed by atoms with Crippen LogP contribution >= 0.6 is 11.3 Å². The zero-order valence-electron chi connectivity index (χ0n) is 11.3. The average molecular weight is 286 g/mol. The highest BCUT2D eigenvalue weighted by molar-refractivity contribution is 7.16. The van der Waals surface area contributed by atoms with Crippen LogP contribution in [0.15, 0.2) is 34.2 Å². The summed E-state index contributed by atoms with van der Waals surface area (Å²) >= 11 is 1.53.